The van der Waals surface area contributed by atoms with Gasteiger partial charge in [-0.15, -0.1) is 0 Å². The Morgan fingerprint density at radius 2 is 1.50 bits per heavy atom. The van der Waals surface area contributed by atoms with Crippen LogP contribution in [0.15, 0.2) is 0 Å². The van der Waals surface area contributed by atoms with Gasteiger partial charge in [0.15, 0.2) is 0 Å². The van der Waals surface area contributed by atoms with Crippen LogP contribution in [0.1, 0.15) is 38.5 Å². The van der Waals surface area contributed by atoms with E-state index in [0.717, 1.165) is 25.9 Å². The van der Waals surface area contributed by atoms with E-state index in [1.54, 1.807) is 7.11 Å². The second-order valence-electron chi connectivity index (χ2n) is 5.19. The molecule has 0 bridgehead atoms. The van der Waals surface area contributed by atoms with Gasteiger partial charge in [-0.05, 0) is 24.7 Å². The molecule has 4 heteroatoms. The first-order valence-corrected chi connectivity index (χ1v) is 7.08. The van der Waals surface area contributed by atoms with Crippen molar-refractivity contribution < 1.29 is 19.3 Å². The van der Waals surface area contributed by atoms with Crippen molar-refractivity contribution in [1.82, 2.24) is 0 Å². The predicted molar refractivity (Wildman–Crippen MR) is 70.7 cm³/mol. The minimum absolute atomic E-state index is 0.134. The van der Waals surface area contributed by atoms with Gasteiger partial charge in [-0.1, -0.05) is 19.3 Å². The predicted octanol–water partition coefficient (Wildman–Crippen LogP) is 2.00. The maximum absolute atomic E-state index is 9.55. The molecule has 1 fully saturated rings. The van der Waals surface area contributed by atoms with Crippen molar-refractivity contribution in [3.05, 3.63) is 0 Å². The van der Waals surface area contributed by atoms with Gasteiger partial charge in [-0.2, -0.15) is 0 Å². The number of ether oxygens (including phenoxy) is 3. The Hall–Kier alpha value is -0.160. The SMILES string of the molecule is COCCOCCOCCC1(CO)CCCCC1. The quantitative estimate of drug-likeness (QED) is 0.610. The zero-order valence-electron chi connectivity index (χ0n) is 11.7. The van der Waals surface area contributed by atoms with Crippen molar-refractivity contribution in [2.24, 2.45) is 5.41 Å². The van der Waals surface area contributed by atoms with Crippen molar-refractivity contribution in [3.8, 4) is 0 Å². The molecule has 4 nitrogen and oxygen atoms in total. The molecular formula is C14H28O4. The fourth-order valence-corrected chi connectivity index (χ4v) is 2.54. The highest BCUT2D eigenvalue weighted by atomic mass is 16.5. The van der Waals surface area contributed by atoms with Crippen molar-refractivity contribution >= 4 is 0 Å². The number of hydrogen-bond donors (Lipinski definition) is 1. The second-order valence-corrected chi connectivity index (χ2v) is 5.19. The first kappa shape index (κ1) is 15.9. The largest absolute Gasteiger partial charge is 0.396 e. The third-order valence-corrected chi connectivity index (χ3v) is 3.83. The van der Waals surface area contributed by atoms with E-state index in [2.05, 4.69) is 0 Å². The lowest BCUT2D eigenvalue weighted by atomic mass is 9.73. The minimum atomic E-state index is 0.134. The van der Waals surface area contributed by atoms with Gasteiger partial charge in [-0.25, -0.2) is 0 Å². The number of aliphatic hydroxyl groups is 1. The number of hydrogen-bond acceptors (Lipinski definition) is 4. The molecule has 0 aliphatic heterocycles. The van der Waals surface area contributed by atoms with Crippen LogP contribution in [0.2, 0.25) is 0 Å². The Balaban J connectivity index is 1.98. The number of methoxy groups -OCH3 is 1. The van der Waals surface area contributed by atoms with E-state index in [1.807, 2.05) is 0 Å². The summed E-state index contributed by atoms with van der Waals surface area (Å²) in [5, 5.41) is 9.55. The third-order valence-electron chi connectivity index (χ3n) is 3.83. The van der Waals surface area contributed by atoms with Gasteiger partial charge in [-0.3, -0.25) is 0 Å². The van der Waals surface area contributed by atoms with Gasteiger partial charge < -0.3 is 19.3 Å². The lowest BCUT2D eigenvalue weighted by Crippen LogP contribution is -2.30. The molecule has 0 heterocycles. The summed E-state index contributed by atoms with van der Waals surface area (Å²) >= 11 is 0. The van der Waals surface area contributed by atoms with Crippen molar-refractivity contribution in [2.75, 3.05) is 46.8 Å². The monoisotopic (exact) mass is 260 g/mol. The van der Waals surface area contributed by atoms with Crippen molar-refractivity contribution in [3.63, 3.8) is 0 Å². The number of rotatable bonds is 10. The van der Waals surface area contributed by atoms with Crippen LogP contribution in [0.4, 0.5) is 0 Å². The van der Waals surface area contributed by atoms with Crippen LogP contribution in [0.3, 0.4) is 0 Å². The molecule has 1 saturated carbocycles. The average molecular weight is 260 g/mol. The molecule has 1 aliphatic carbocycles. The van der Waals surface area contributed by atoms with Gasteiger partial charge in [0.05, 0.1) is 26.4 Å². The van der Waals surface area contributed by atoms with Crippen LogP contribution < -0.4 is 0 Å². The highest BCUT2D eigenvalue weighted by molar-refractivity contribution is 4.81. The van der Waals surface area contributed by atoms with Gasteiger partial charge >= 0.3 is 0 Å². The Labute approximate surface area is 111 Å². The fourth-order valence-electron chi connectivity index (χ4n) is 2.54. The first-order chi connectivity index (χ1) is 8.83. The summed E-state index contributed by atoms with van der Waals surface area (Å²) in [7, 11) is 1.67. The molecule has 1 aliphatic rings. The Kier molecular flexibility index (Phi) is 8.59. The molecule has 0 unspecified atom stereocenters. The van der Waals surface area contributed by atoms with Crippen LogP contribution >= 0.6 is 0 Å². The van der Waals surface area contributed by atoms with Crippen LogP contribution in [0.5, 0.6) is 0 Å². The van der Waals surface area contributed by atoms with Gasteiger partial charge in [0.25, 0.3) is 0 Å². The van der Waals surface area contributed by atoms with E-state index < -0.39 is 0 Å². The standard InChI is InChI=1S/C14H28O4/c1-16-9-10-18-12-11-17-8-7-14(13-15)5-3-2-4-6-14/h15H,2-13H2,1H3. The van der Waals surface area contributed by atoms with Gasteiger partial charge in [0.1, 0.15) is 0 Å². The maximum Gasteiger partial charge on any atom is 0.0701 e. The van der Waals surface area contributed by atoms with E-state index >= 15 is 0 Å². The minimum Gasteiger partial charge on any atom is -0.396 e. The van der Waals surface area contributed by atoms with Crippen molar-refractivity contribution in [1.29, 1.82) is 0 Å². The Morgan fingerprint density at radius 1 is 0.889 bits per heavy atom. The summed E-state index contributed by atoms with van der Waals surface area (Å²) in [6.07, 6.45) is 7.09. The molecule has 1 N–H and O–H groups in total. The Bertz CT molecular complexity index is 190. The van der Waals surface area contributed by atoms with Crippen molar-refractivity contribution in [2.45, 2.75) is 38.5 Å². The smallest absolute Gasteiger partial charge is 0.0701 e. The Morgan fingerprint density at radius 3 is 2.11 bits per heavy atom. The average Bonchev–Trinajstić information content (AvgIpc) is 2.43. The second kappa shape index (κ2) is 9.73. The van der Waals surface area contributed by atoms with E-state index in [0.29, 0.717) is 33.0 Å². The number of aliphatic hydroxyl groups excluding tert-OH is 1. The fraction of sp³-hybridized carbons (Fsp3) is 1.00. The molecule has 0 aromatic heterocycles. The molecule has 0 spiro atoms. The van der Waals surface area contributed by atoms with E-state index in [9.17, 15) is 5.11 Å². The van der Waals surface area contributed by atoms with E-state index in [1.165, 1.54) is 19.3 Å². The van der Waals surface area contributed by atoms with Gasteiger partial charge in [0.2, 0.25) is 0 Å². The molecule has 1 rings (SSSR count). The molecule has 108 valence electrons. The summed E-state index contributed by atoms with van der Waals surface area (Å²) in [5.41, 5.74) is 0.134. The molecule has 0 amide bonds. The lowest BCUT2D eigenvalue weighted by molar-refractivity contribution is 0.00116. The van der Waals surface area contributed by atoms with Crippen LogP contribution in [-0.4, -0.2) is 51.9 Å². The topological polar surface area (TPSA) is 47.9 Å². The molecule has 0 aromatic carbocycles. The lowest BCUT2D eigenvalue weighted by Gasteiger charge is -2.35. The summed E-state index contributed by atoms with van der Waals surface area (Å²) in [6, 6.07) is 0. The summed E-state index contributed by atoms with van der Waals surface area (Å²) in [5.74, 6) is 0. The molecular weight excluding hydrogens is 232 g/mol. The summed E-state index contributed by atoms with van der Waals surface area (Å²) < 4.78 is 15.8. The molecule has 0 saturated heterocycles. The summed E-state index contributed by atoms with van der Waals surface area (Å²) in [6.45, 7) is 3.55. The molecule has 0 aromatic rings. The maximum atomic E-state index is 9.55. The van der Waals surface area contributed by atoms with Gasteiger partial charge in [0, 0.05) is 20.3 Å². The highest BCUT2D eigenvalue weighted by Crippen LogP contribution is 2.38. The molecule has 0 radical (unpaired) electrons. The zero-order valence-corrected chi connectivity index (χ0v) is 11.7. The molecule has 18 heavy (non-hydrogen) atoms. The van der Waals surface area contributed by atoms with Crippen LogP contribution in [0, 0.1) is 5.41 Å². The zero-order chi connectivity index (χ0) is 13.1. The van der Waals surface area contributed by atoms with E-state index in [-0.39, 0.29) is 5.41 Å². The van der Waals surface area contributed by atoms with Crippen LogP contribution in [-0.2, 0) is 14.2 Å². The third kappa shape index (κ3) is 6.14. The summed E-state index contributed by atoms with van der Waals surface area (Å²) in [4.78, 5) is 0. The highest BCUT2D eigenvalue weighted by Gasteiger charge is 2.30. The first-order valence-electron chi connectivity index (χ1n) is 7.08. The van der Waals surface area contributed by atoms with Crippen LogP contribution in [0.25, 0.3) is 0 Å². The molecule has 0 atom stereocenters. The van der Waals surface area contributed by atoms with E-state index in [4.69, 9.17) is 14.2 Å². The normalized spacial score (nSPS) is 19.0.